The molecule has 1 saturated heterocycles. The molecule has 0 amide bonds. The molecule has 0 spiro atoms. The Morgan fingerprint density at radius 1 is 1.03 bits per heavy atom. The Balaban J connectivity index is 0.00000272. The summed E-state index contributed by atoms with van der Waals surface area (Å²) >= 11 is 0. The molecule has 2 atom stereocenters. The number of ether oxygens (including phenoxy) is 1. The lowest BCUT2D eigenvalue weighted by molar-refractivity contribution is -0.137. The van der Waals surface area contributed by atoms with Crippen LogP contribution in [-0.2, 0) is 10.9 Å². The first-order valence-electron chi connectivity index (χ1n) is 10.2. The first-order valence-corrected chi connectivity index (χ1v) is 10.2. The van der Waals surface area contributed by atoms with E-state index in [4.69, 9.17) is 4.74 Å². The van der Waals surface area contributed by atoms with E-state index in [1.54, 1.807) is 0 Å². The van der Waals surface area contributed by atoms with Gasteiger partial charge in [-0.05, 0) is 47.5 Å². The quantitative estimate of drug-likeness (QED) is 0.528. The smallest absolute Gasteiger partial charge is 0.373 e. The Hall–Kier alpha value is -2.28. The molecule has 0 saturated carbocycles. The fraction of sp³-hybridized carbons (Fsp3) is 0.333. The van der Waals surface area contributed by atoms with E-state index < -0.39 is 11.7 Å². The van der Waals surface area contributed by atoms with Gasteiger partial charge in [-0.15, -0.1) is 12.4 Å². The molecule has 1 N–H and O–H groups in total. The van der Waals surface area contributed by atoms with Gasteiger partial charge in [-0.3, -0.25) is 0 Å². The highest BCUT2D eigenvalue weighted by Gasteiger charge is 2.30. The molecule has 166 valence electrons. The Morgan fingerprint density at radius 2 is 1.74 bits per heavy atom. The van der Waals surface area contributed by atoms with Crippen molar-refractivity contribution >= 4 is 28.9 Å². The molecule has 1 unspecified atom stereocenters. The predicted octanol–water partition coefficient (Wildman–Crippen LogP) is 5.84. The summed E-state index contributed by atoms with van der Waals surface area (Å²) in [7, 11) is 0. The highest BCUT2D eigenvalue weighted by atomic mass is 35.5. The van der Waals surface area contributed by atoms with Gasteiger partial charge >= 0.3 is 6.18 Å². The van der Waals surface area contributed by atoms with Crippen LogP contribution < -0.4 is 10.2 Å². The molecule has 0 bridgehead atoms. The number of fused-ring (bicyclic) bond motifs is 1. The lowest BCUT2D eigenvalue weighted by Gasteiger charge is -2.35. The van der Waals surface area contributed by atoms with Crippen molar-refractivity contribution in [2.45, 2.75) is 25.2 Å². The van der Waals surface area contributed by atoms with Gasteiger partial charge < -0.3 is 15.0 Å². The zero-order valence-corrected chi connectivity index (χ0v) is 18.0. The number of hydrogen-bond acceptors (Lipinski definition) is 3. The van der Waals surface area contributed by atoms with Crippen LogP contribution in [0.2, 0.25) is 0 Å². The second kappa shape index (κ2) is 9.90. The Kier molecular flexibility index (Phi) is 7.46. The zero-order valence-electron chi connectivity index (χ0n) is 17.2. The topological polar surface area (TPSA) is 24.5 Å². The molecule has 1 aliphatic rings. The fourth-order valence-electron chi connectivity index (χ4n) is 3.98. The number of nitrogens with one attached hydrogen (secondary N) is 1. The van der Waals surface area contributed by atoms with E-state index in [1.165, 1.54) is 28.5 Å². The van der Waals surface area contributed by atoms with Crippen molar-refractivity contribution in [3.63, 3.8) is 0 Å². The van der Waals surface area contributed by atoms with Crippen LogP contribution >= 0.6 is 12.4 Å². The van der Waals surface area contributed by atoms with Crippen LogP contribution in [0.3, 0.4) is 0 Å². The molecule has 3 nitrogen and oxygen atoms in total. The minimum Gasteiger partial charge on any atom is -0.373 e. The summed E-state index contributed by atoms with van der Waals surface area (Å²) in [6.07, 6.45) is -4.34. The van der Waals surface area contributed by atoms with Crippen molar-refractivity contribution in [2.24, 2.45) is 0 Å². The highest BCUT2D eigenvalue weighted by molar-refractivity contribution is 5.86. The van der Waals surface area contributed by atoms with Gasteiger partial charge in [-0.25, -0.2) is 0 Å². The molecule has 7 heteroatoms. The first-order chi connectivity index (χ1) is 14.4. The van der Waals surface area contributed by atoms with Crippen molar-refractivity contribution in [1.82, 2.24) is 5.32 Å². The van der Waals surface area contributed by atoms with Gasteiger partial charge in [0.15, 0.2) is 0 Å². The maximum absolute atomic E-state index is 12.8. The second-order valence-electron chi connectivity index (χ2n) is 7.68. The normalized spacial score (nSPS) is 17.9. The van der Waals surface area contributed by atoms with Crippen molar-refractivity contribution in [3.8, 4) is 0 Å². The van der Waals surface area contributed by atoms with Gasteiger partial charge in [0.1, 0.15) is 0 Å². The number of morpholine rings is 1. The van der Waals surface area contributed by atoms with E-state index in [0.29, 0.717) is 26.2 Å². The van der Waals surface area contributed by atoms with E-state index in [1.807, 2.05) is 12.1 Å². The summed E-state index contributed by atoms with van der Waals surface area (Å²) in [6, 6.07) is 20.1. The number of nitrogens with zero attached hydrogens (tertiary/aromatic N) is 1. The number of anilines is 1. The fourth-order valence-corrected chi connectivity index (χ4v) is 3.98. The van der Waals surface area contributed by atoms with E-state index >= 15 is 0 Å². The van der Waals surface area contributed by atoms with Gasteiger partial charge in [0.2, 0.25) is 0 Å². The van der Waals surface area contributed by atoms with E-state index in [-0.39, 0.29) is 24.6 Å². The molecule has 0 aliphatic carbocycles. The minimum absolute atomic E-state index is 0. The van der Waals surface area contributed by atoms with Crippen molar-refractivity contribution in [2.75, 3.05) is 31.1 Å². The lowest BCUT2D eigenvalue weighted by Crippen LogP contribution is -2.47. The van der Waals surface area contributed by atoms with Crippen molar-refractivity contribution in [3.05, 3.63) is 77.9 Å². The Morgan fingerprint density at radius 3 is 2.48 bits per heavy atom. The molecule has 1 fully saturated rings. The average Bonchev–Trinajstić information content (AvgIpc) is 2.77. The standard InChI is InChI=1S/C24H25F3N2O.ClH/c1-17(22-8-4-6-18-5-2-3-7-23(18)22)28-15-21-16-29(13-14-30-21)20-11-9-19(10-12-20)24(25,26)27;/h2-12,17,21,28H,13-16H2,1H3;1H/t17-,21?;/m0./s1. The van der Waals surface area contributed by atoms with Gasteiger partial charge in [0.05, 0.1) is 18.3 Å². The first kappa shape index (κ1) is 23.4. The number of rotatable bonds is 5. The molecular formula is C24H26ClF3N2O. The number of benzene rings is 3. The van der Waals surface area contributed by atoms with Crippen molar-refractivity contribution in [1.29, 1.82) is 0 Å². The van der Waals surface area contributed by atoms with Gasteiger partial charge in [0.25, 0.3) is 0 Å². The third-order valence-corrected chi connectivity index (χ3v) is 5.64. The van der Waals surface area contributed by atoms with Crippen LogP contribution in [0.5, 0.6) is 0 Å². The second-order valence-corrected chi connectivity index (χ2v) is 7.68. The Bertz CT molecular complexity index is 989. The summed E-state index contributed by atoms with van der Waals surface area (Å²) in [4.78, 5) is 2.08. The monoisotopic (exact) mass is 450 g/mol. The zero-order chi connectivity index (χ0) is 21.1. The number of hydrogen-bond donors (Lipinski definition) is 1. The maximum atomic E-state index is 12.8. The van der Waals surface area contributed by atoms with Crippen LogP contribution in [0, 0.1) is 0 Å². The van der Waals surface area contributed by atoms with E-state index in [9.17, 15) is 13.2 Å². The highest BCUT2D eigenvalue weighted by Crippen LogP contribution is 2.31. The summed E-state index contributed by atoms with van der Waals surface area (Å²) in [6.45, 7) is 4.66. The molecule has 1 aliphatic heterocycles. The van der Waals surface area contributed by atoms with Crippen LogP contribution in [0.15, 0.2) is 66.7 Å². The largest absolute Gasteiger partial charge is 0.416 e. The van der Waals surface area contributed by atoms with Crippen LogP contribution in [0.25, 0.3) is 10.8 Å². The molecule has 3 aromatic rings. The summed E-state index contributed by atoms with van der Waals surface area (Å²) < 4.78 is 44.3. The van der Waals surface area contributed by atoms with Gasteiger partial charge in [-0.1, -0.05) is 42.5 Å². The molecule has 0 radical (unpaired) electrons. The molecule has 1 heterocycles. The van der Waals surface area contributed by atoms with E-state index in [2.05, 4.69) is 47.5 Å². The van der Waals surface area contributed by atoms with Crippen molar-refractivity contribution < 1.29 is 17.9 Å². The van der Waals surface area contributed by atoms with E-state index in [0.717, 1.165) is 17.8 Å². The third-order valence-electron chi connectivity index (χ3n) is 5.64. The summed E-state index contributed by atoms with van der Waals surface area (Å²) in [5.41, 5.74) is 1.41. The van der Waals surface area contributed by atoms with Crippen LogP contribution in [0.1, 0.15) is 24.1 Å². The molecule has 4 rings (SSSR count). The van der Waals surface area contributed by atoms with Gasteiger partial charge in [-0.2, -0.15) is 13.2 Å². The molecular weight excluding hydrogens is 425 g/mol. The van der Waals surface area contributed by atoms with Crippen LogP contribution in [-0.4, -0.2) is 32.3 Å². The summed E-state index contributed by atoms with van der Waals surface area (Å²) in [5.74, 6) is 0. The predicted molar refractivity (Wildman–Crippen MR) is 121 cm³/mol. The molecule has 3 aromatic carbocycles. The van der Waals surface area contributed by atoms with Crippen LogP contribution in [0.4, 0.5) is 18.9 Å². The molecule has 0 aromatic heterocycles. The minimum atomic E-state index is -4.31. The number of alkyl halides is 3. The maximum Gasteiger partial charge on any atom is 0.416 e. The SMILES string of the molecule is C[C@H](NCC1CN(c2ccc(C(F)(F)F)cc2)CCO1)c1cccc2ccccc12.Cl. The average molecular weight is 451 g/mol. The van der Waals surface area contributed by atoms with Gasteiger partial charge in [0, 0.05) is 31.4 Å². The third kappa shape index (κ3) is 5.50. The Labute approximate surface area is 186 Å². The number of halogens is 4. The molecule has 31 heavy (non-hydrogen) atoms. The summed E-state index contributed by atoms with van der Waals surface area (Å²) in [5, 5.41) is 6.01. The lowest BCUT2D eigenvalue weighted by atomic mass is 9.99.